The van der Waals surface area contributed by atoms with Crippen molar-refractivity contribution in [1.29, 1.82) is 0 Å². The van der Waals surface area contributed by atoms with E-state index in [9.17, 15) is 0 Å². The zero-order valence-electron chi connectivity index (χ0n) is 13.9. The molecule has 2 aliphatic rings. The number of hydrogen-bond donors (Lipinski definition) is 1. The first kappa shape index (κ1) is 15.9. The van der Waals surface area contributed by atoms with Gasteiger partial charge in [0, 0.05) is 38.4 Å². The lowest BCUT2D eigenvalue weighted by molar-refractivity contribution is 0.108. The summed E-state index contributed by atoms with van der Waals surface area (Å²) >= 11 is 0. The molecule has 1 aromatic heterocycles. The fourth-order valence-electron chi connectivity index (χ4n) is 3.78. The fourth-order valence-corrected chi connectivity index (χ4v) is 3.78. The molecule has 1 aromatic rings. The molecule has 3 rings (SSSR count). The first-order valence-electron chi connectivity index (χ1n) is 8.93. The smallest absolute Gasteiger partial charge is 0.0650 e. The van der Waals surface area contributed by atoms with Crippen LogP contribution in [0.4, 0.5) is 0 Å². The van der Waals surface area contributed by atoms with E-state index in [4.69, 9.17) is 0 Å². The first-order chi connectivity index (χ1) is 10.8. The van der Waals surface area contributed by atoms with Crippen LogP contribution in [0.1, 0.15) is 44.3 Å². The second-order valence-corrected chi connectivity index (χ2v) is 6.84. The maximum absolute atomic E-state index is 4.68. The predicted octanol–water partition coefficient (Wildman–Crippen LogP) is 2.29. The Hall–Kier alpha value is -0.970. The Morgan fingerprint density at radius 1 is 1.18 bits per heavy atom. The molecule has 2 fully saturated rings. The lowest BCUT2D eigenvalue weighted by atomic mass is 10.1. The third-order valence-electron chi connectivity index (χ3n) is 5.00. The molecule has 2 aliphatic heterocycles. The Balaban J connectivity index is 1.73. The highest BCUT2D eigenvalue weighted by Gasteiger charge is 2.27. The van der Waals surface area contributed by atoms with Crippen molar-refractivity contribution in [3.05, 3.63) is 30.1 Å². The molecule has 0 aliphatic carbocycles. The molecule has 0 spiro atoms. The summed E-state index contributed by atoms with van der Waals surface area (Å²) in [6.45, 7) is 9.26. The molecular weight excluding hydrogens is 272 g/mol. The highest BCUT2D eigenvalue weighted by Crippen LogP contribution is 2.23. The van der Waals surface area contributed by atoms with Crippen LogP contribution in [0.15, 0.2) is 24.4 Å². The van der Waals surface area contributed by atoms with Crippen molar-refractivity contribution in [3.8, 4) is 0 Å². The molecule has 4 heteroatoms. The summed E-state index contributed by atoms with van der Waals surface area (Å²) in [7, 11) is 0. The van der Waals surface area contributed by atoms with Crippen molar-refractivity contribution < 1.29 is 0 Å². The van der Waals surface area contributed by atoms with Crippen LogP contribution in [0.3, 0.4) is 0 Å². The number of pyridine rings is 1. The molecule has 1 N–H and O–H groups in total. The molecule has 122 valence electrons. The Labute approximate surface area is 134 Å². The van der Waals surface area contributed by atoms with Crippen molar-refractivity contribution in [3.63, 3.8) is 0 Å². The van der Waals surface area contributed by atoms with Crippen molar-refractivity contribution in [2.24, 2.45) is 0 Å². The van der Waals surface area contributed by atoms with Gasteiger partial charge in [-0.1, -0.05) is 18.9 Å². The van der Waals surface area contributed by atoms with Gasteiger partial charge in [0.05, 0.1) is 11.7 Å². The molecule has 2 saturated heterocycles. The molecule has 0 saturated carbocycles. The van der Waals surface area contributed by atoms with Gasteiger partial charge >= 0.3 is 0 Å². The molecule has 22 heavy (non-hydrogen) atoms. The average molecular weight is 302 g/mol. The third kappa shape index (κ3) is 4.28. The lowest BCUT2D eigenvalue weighted by Crippen LogP contribution is -2.52. The molecule has 0 bridgehead atoms. The fraction of sp³-hybridized carbons (Fsp3) is 0.722. The number of piperazine rings is 1. The van der Waals surface area contributed by atoms with E-state index in [0.717, 1.165) is 26.2 Å². The topological polar surface area (TPSA) is 31.4 Å². The highest BCUT2D eigenvalue weighted by molar-refractivity contribution is 5.10. The van der Waals surface area contributed by atoms with E-state index in [-0.39, 0.29) is 0 Å². The summed E-state index contributed by atoms with van der Waals surface area (Å²) in [5.74, 6) is 0. The summed E-state index contributed by atoms with van der Waals surface area (Å²) < 4.78 is 0. The lowest BCUT2D eigenvalue weighted by Gasteiger charge is -2.39. The van der Waals surface area contributed by atoms with Crippen molar-refractivity contribution >= 4 is 0 Å². The van der Waals surface area contributed by atoms with Gasteiger partial charge in [-0.05, 0) is 45.0 Å². The van der Waals surface area contributed by atoms with E-state index in [1.54, 1.807) is 0 Å². The zero-order chi connectivity index (χ0) is 15.2. The Morgan fingerprint density at radius 2 is 2.00 bits per heavy atom. The molecule has 0 amide bonds. The number of hydrogen-bond acceptors (Lipinski definition) is 4. The largest absolute Gasteiger partial charge is 0.312 e. The minimum Gasteiger partial charge on any atom is -0.312 e. The van der Waals surface area contributed by atoms with Gasteiger partial charge in [-0.25, -0.2) is 0 Å². The van der Waals surface area contributed by atoms with Crippen molar-refractivity contribution in [1.82, 2.24) is 20.1 Å². The maximum Gasteiger partial charge on any atom is 0.0650 e. The predicted molar refractivity (Wildman–Crippen MR) is 90.9 cm³/mol. The van der Waals surface area contributed by atoms with Crippen LogP contribution in [0.5, 0.6) is 0 Å². The number of nitrogens with one attached hydrogen (secondary N) is 1. The van der Waals surface area contributed by atoms with Gasteiger partial charge in [-0.3, -0.25) is 9.88 Å². The average Bonchev–Trinajstić information content (AvgIpc) is 2.82. The van der Waals surface area contributed by atoms with E-state index in [2.05, 4.69) is 39.2 Å². The van der Waals surface area contributed by atoms with Gasteiger partial charge in [0.1, 0.15) is 0 Å². The van der Waals surface area contributed by atoms with Gasteiger partial charge in [0.2, 0.25) is 0 Å². The summed E-state index contributed by atoms with van der Waals surface area (Å²) in [5.41, 5.74) is 1.24. The SMILES string of the molecule is CC1CN(C(CN2CCCCCC2)c2ccccn2)CCN1. The van der Waals surface area contributed by atoms with E-state index in [1.807, 2.05) is 12.3 Å². The first-order valence-corrected chi connectivity index (χ1v) is 8.93. The highest BCUT2D eigenvalue weighted by atomic mass is 15.3. The monoisotopic (exact) mass is 302 g/mol. The number of rotatable bonds is 4. The van der Waals surface area contributed by atoms with Gasteiger partial charge in [-0.2, -0.15) is 0 Å². The minimum atomic E-state index is 0.434. The van der Waals surface area contributed by atoms with Crippen LogP contribution in [-0.2, 0) is 0 Å². The van der Waals surface area contributed by atoms with E-state index >= 15 is 0 Å². The molecule has 3 heterocycles. The van der Waals surface area contributed by atoms with Crippen LogP contribution in [0, 0.1) is 0 Å². The molecule has 2 unspecified atom stereocenters. The van der Waals surface area contributed by atoms with Crippen molar-refractivity contribution in [2.45, 2.75) is 44.7 Å². The van der Waals surface area contributed by atoms with E-state index in [1.165, 1.54) is 44.5 Å². The summed E-state index contributed by atoms with van der Waals surface area (Å²) in [6, 6.07) is 7.36. The summed E-state index contributed by atoms with van der Waals surface area (Å²) in [6.07, 6.45) is 7.45. The maximum atomic E-state index is 4.68. The van der Waals surface area contributed by atoms with Crippen molar-refractivity contribution in [2.75, 3.05) is 39.3 Å². The van der Waals surface area contributed by atoms with Crippen LogP contribution in [0.25, 0.3) is 0 Å². The zero-order valence-corrected chi connectivity index (χ0v) is 13.9. The van der Waals surface area contributed by atoms with Gasteiger partial charge in [0.25, 0.3) is 0 Å². The standard InChI is InChI=1S/C18H30N4/c1-16-14-22(13-10-19-16)18(17-8-4-5-9-20-17)15-21-11-6-2-3-7-12-21/h4-5,8-9,16,18-19H,2-3,6-7,10-15H2,1H3. The molecule has 0 radical (unpaired) electrons. The normalized spacial score (nSPS) is 26.5. The van der Waals surface area contributed by atoms with Gasteiger partial charge < -0.3 is 10.2 Å². The quantitative estimate of drug-likeness (QED) is 0.925. The Morgan fingerprint density at radius 3 is 2.68 bits per heavy atom. The summed E-state index contributed by atoms with van der Waals surface area (Å²) in [4.78, 5) is 9.98. The number of nitrogens with zero attached hydrogens (tertiary/aromatic N) is 3. The minimum absolute atomic E-state index is 0.434. The van der Waals surface area contributed by atoms with Crippen LogP contribution in [0.2, 0.25) is 0 Å². The third-order valence-corrected chi connectivity index (χ3v) is 5.00. The number of likely N-dealkylation sites (tertiary alicyclic amines) is 1. The van der Waals surface area contributed by atoms with E-state index < -0.39 is 0 Å². The van der Waals surface area contributed by atoms with Gasteiger partial charge in [-0.15, -0.1) is 0 Å². The van der Waals surface area contributed by atoms with Crippen LogP contribution < -0.4 is 5.32 Å². The molecule has 4 nitrogen and oxygen atoms in total. The molecule has 0 aromatic carbocycles. The van der Waals surface area contributed by atoms with Crippen LogP contribution >= 0.6 is 0 Å². The van der Waals surface area contributed by atoms with Crippen LogP contribution in [-0.4, -0.2) is 60.1 Å². The van der Waals surface area contributed by atoms with Gasteiger partial charge in [0.15, 0.2) is 0 Å². The summed E-state index contributed by atoms with van der Waals surface area (Å²) in [5, 5.41) is 3.56. The number of aromatic nitrogens is 1. The second kappa shape index (κ2) is 8.04. The second-order valence-electron chi connectivity index (χ2n) is 6.84. The Bertz CT molecular complexity index is 428. The molecule has 2 atom stereocenters. The molecular formula is C18H30N4. The van der Waals surface area contributed by atoms with E-state index in [0.29, 0.717) is 12.1 Å². The Kier molecular flexibility index (Phi) is 5.82.